The normalized spacial score (nSPS) is 22.2. The number of nitrogens with two attached hydrogens (primary N) is 1. The van der Waals surface area contributed by atoms with Gasteiger partial charge in [0.1, 0.15) is 11.2 Å². The summed E-state index contributed by atoms with van der Waals surface area (Å²) in [5.41, 5.74) is 4.44. The molecule has 1 saturated heterocycles. The van der Waals surface area contributed by atoms with Crippen LogP contribution in [0.2, 0.25) is 0 Å². The summed E-state index contributed by atoms with van der Waals surface area (Å²) in [5.74, 6) is -1.63. The highest BCUT2D eigenvalue weighted by atomic mass is 19.1. The van der Waals surface area contributed by atoms with E-state index in [0.717, 1.165) is 19.3 Å². The van der Waals surface area contributed by atoms with Crippen LogP contribution in [0.4, 0.5) is 4.39 Å². The summed E-state index contributed by atoms with van der Waals surface area (Å²) in [6.45, 7) is 0.478. The SMILES string of the molecule is NCC(CC1CCCCO1)(C(=O)O)c1ccccc1F. The average Bonchev–Trinajstić information content (AvgIpc) is 2.46. The van der Waals surface area contributed by atoms with Gasteiger partial charge in [0.25, 0.3) is 0 Å². The Morgan fingerprint density at radius 2 is 2.20 bits per heavy atom. The molecule has 0 radical (unpaired) electrons. The van der Waals surface area contributed by atoms with Crippen LogP contribution in [0.3, 0.4) is 0 Å². The highest BCUT2D eigenvalue weighted by Crippen LogP contribution is 2.34. The third-order valence-electron chi connectivity index (χ3n) is 4.00. The van der Waals surface area contributed by atoms with Crippen LogP contribution < -0.4 is 5.73 Å². The minimum Gasteiger partial charge on any atom is -0.481 e. The second kappa shape index (κ2) is 6.33. The maximum Gasteiger partial charge on any atom is 0.315 e. The van der Waals surface area contributed by atoms with E-state index in [4.69, 9.17) is 10.5 Å². The molecule has 3 N–H and O–H groups in total. The molecule has 1 aromatic carbocycles. The highest BCUT2D eigenvalue weighted by Gasteiger charge is 2.43. The number of carboxylic acids is 1. The maximum absolute atomic E-state index is 14.0. The van der Waals surface area contributed by atoms with Gasteiger partial charge in [-0.15, -0.1) is 0 Å². The first-order valence-corrected chi connectivity index (χ1v) is 6.90. The smallest absolute Gasteiger partial charge is 0.315 e. The minimum absolute atomic E-state index is 0.143. The summed E-state index contributed by atoms with van der Waals surface area (Å²) in [6, 6.07) is 5.94. The van der Waals surface area contributed by atoms with Crippen molar-refractivity contribution in [1.29, 1.82) is 0 Å². The topological polar surface area (TPSA) is 72.5 Å². The van der Waals surface area contributed by atoms with Crippen LogP contribution in [0, 0.1) is 5.82 Å². The number of ether oxygens (including phenoxy) is 1. The quantitative estimate of drug-likeness (QED) is 0.866. The first-order valence-electron chi connectivity index (χ1n) is 6.90. The summed E-state index contributed by atoms with van der Waals surface area (Å²) >= 11 is 0. The molecule has 4 nitrogen and oxygen atoms in total. The van der Waals surface area contributed by atoms with E-state index in [9.17, 15) is 14.3 Å². The Hall–Kier alpha value is -1.46. The molecule has 5 heteroatoms. The zero-order valence-electron chi connectivity index (χ0n) is 11.3. The molecule has 0 amide bonds. The number of carbonyl (C=O) groups is 1. The van der Waals surface area contributed by atoms with Crippen LogP contribution >= 0.6 is 0 Å². The molecule has 2 atom stereocenters. The van der Waals surface area contributed by atoms with Crippen LogP contribution in [0.5, 0.6) is 0 Å². The maximum atomic E-state index is 14.0. The van der Waals surface area contributed by atoms with E-state index in [1.807, 2.05) is 0 Å². The predicted molar refractivity (Wildman–Crippen MR) is 73.0 cm³/mol. The number of halogens is 1. The standard InChI is InChI=1S/C15H20FNO3/c16-13-7-2-1-6-12(13)15(10-17,14(18)19)9-11-5-3-4-8-20-11/h1-2,6-7,11H,3-5,8-10,17H2,(H,18,19). The summed E-state index contributed by atoms with van der Waals surface area (Å²) < 4.78 is 19.6. The molecule has 0 aromatic heterocycles. The van der Waals surface area contributed by atoms with Gasteiger partial charge in [0.2, 0.25) is 0 Å². The van der Waals surface area contributed by atoms with E-state index < -0.39 is 17.2 Å². The van der Waals surface area contributed by atoms with Crippen molar-refractivity contribution in [3.8, 4) is 0 Å². The van der Waals surface area contributed by atoms with E-state index in [1.165, 1.54) is 12.1 Å². The van der Waals surface area contributed by atoms with Crippen LogP contribution in [0.1, 0.15) is 31.2 Å². The summed E-state index contributed by atoms with van der Waals surface area (Å²) in [6.07, 6.45) is 2.81. The molecule has 110 valence electrons. The fourth-order valence-electron chi connectivity index (χ4n) is 2.80. The number of rotatable bonds is 5. The van der Waals surface area contributed by atoms with Crippen molar-refractivity contribution >= 4 is 5.97 Å². The van der Waals surface area contributed by atoms with E-state index in [1.54, 1.807) is 12.1 Å². The van der Waals surface area contributed by atoms with Crippen molar-refractivity contribution in [2.45, 2.75) is 37.2 Å². The number of benzene rings is 1. The Morgan fingerprint density at radius 1 is 1.45 bits per heavy atom. The van der Waals surface area contributed by atoms with Gasteiger partial charge in [-0.05, 0) is 31.7 Å². The second-order valence-electron chi connectivity index (χ2n) is 5.26. The number of hydrogen-bond donors (Lipinski definition) is 2. The Kier molecular flexibility index (Phi) is 4.73. The lowest BCUT2D eigenvalue weighted by Crippen LogP contribution is -2.47. The van der Waals surface area contributed by atoms with Crippen molar-refractivity contribution in [2.75, 3.05) is 13.2 Å². The van der Waals surface area contributed by atoms with Crippen molar-refractivity contribution in [3.05, 3.63) is 35.6 Å². The lowest BCUT2D eigenvalue weighted by molar-refractivity contribution is -0.146. The van der Waals surface area contributed by atoms with Gasteiger partial charge >= 0.3 is 5.97 Å². The lowest BCUT2D eigenvalue weighted by atomic mass is 9.74. The first kappa shape index (κ1) is 14.9. The minimum atomic E-state index is -1.42. The molecule has 1 aliphatic heterocycles. The van der Waals surface area contributed by atoms with Gasteiger partial charge in [-0.25, -0.2) is 4.39 Å². The Balaban J connectivity index is 2.34. The molecule has 2 rings (SSSR count). The van der Waals surface area contributed by atoms with Gasteiger partial charge in [-0.1, -0.05) is 18.2 Å². The van der Waals surface area contributed by atoms with Gasteiger partial charge in [0.05, 0.1) is 6.10 Å². The van der Waals surface area contributed by atoms with Crippen LogP contribution in [0.15, 0.2) is 24.3 Å². The fourth-order valence-corrected chi connectivity index (χ4v) is 2.80. The molecule has 0 spiro atoms. The summed E-state index contributed by atoms with van der Waals surface area (Å²) in [7, 11) is 0. The first-order chi connectivity index (χ1) is 9.60. The second-order valence-corrected chi connectivity index (χ2v) is 5.26. The van der Waals surface area contributed by atoms with E-state index in [-0.39, 0.29) is 24.6 Å². The molecular formula is C15H20FNO3. The third-order valence-corrected chi connectivity index (χ3v) is 4.00. The lowest BCUT2D eigenvalue weighted by Gasteiger charge is -2.34. The van der Waals surface area contributed by atoms with E-state index in [0.29, 0.717) is 6.61 Å². The Labute approximate surface area is 117 Å². The molecule has 20 heavy (non-hydrogen) atoms. The molecule has 0 saturated carbocycles. The summed E-state index contributed by atoms with van der Waals surface area (Å²) in [4.78, 5) is 11.8. The Morgan fingerprint density at radius 3 is 2.75 bits per heavy atom. The van der Waals surface area contributed by atoms with Crippen LogP contribution in [-0.2, 0) is 14.9 Å². The molecule has 0 aliphatic carbocycles. The van der Waals surface area contributed by atoms with Gasteiger partial charge in [0, 0.05) is 18.7 Å². The molecular weight excluding hydrogens is 261 g/mol. The van der Waals surface area contributed by atoms with Crippen molar-refractivity contribution in [3.63, 3.8) is 0 Å². The highest BCUT2D eigenvalue weighted by molar-refractivity contribution is 5.82. The summed E-state index contributed by atoms with van der Waals surface area (Å²) in [5, 5.41) is 9.63. The molecule has 1 aliphatic rings. The average molecular weight is 281 g/mol. The van der Waals surface area contributed by atoms with Crippen molar-refractivity contribution in [2.24, 2.45) is 5.73 Å². The Bertz CT molecular complexity index is 474. The third kappa shape index (κ3) is 2.83. The molecule has 2 unspecified atom stereocenters. The van der Waals surface area contributed by atoms with Gasteiger partial charge in [-0.2, -0.15) is 0 Å². The van der Waals surface area contributed by atoms with Crippen molar-refractivity contribution < 1.29 is 19.0 Å². The van der Waals surface area contributed by atoms with E-state index in [2.05, 4.69) is 0 Å². The number of hydrogen-bond acceptors (Lipinski definition) is 3. The zero-order valence-corrected chi connectivity index (χ0v) is 11.3. The van der Waals surface area contributed by atoms with Gasteiger partial charge < -0.3 is 15.6 Å². The molecule has 1 heterocycles. The predicted octanol–water partition coefficient (Wildman–Crippen LogP) is 2.07. The van der Waals surface area contributed by atoms with Crippen LogP contribution in [-0.4, -0.2) is 30.3 Å². The number of carboxylic acid groups (broad SMARTS) is 1. The molecule has 0 bridgehead atoms. The van der Waals surface area contributed by atoms with Gasteiger partial charge in [-0.3, -0.25) is 4.79 Å². The number of aliphatic carboxylic acids is 1. The molecule has 1 fully saturated rings. The zero-order chi connectivity index (χ0) is 14.6. The van der Waals surface area contributed by atoms with E-state index >= 15 is 0 Å². The monoisotopic (exact) mass is 281 g/mol. The fraction of sp³-hybridized carbons (Fsp3) is 0.533. The van der Waals surface area contributed by atoms with Crippen LogP contribution in [0.25, 0.3) is 0 Å². The van der Waals surface area contributed by atoms with Gasteiger partial charge in [0.15, 0.2) is 0 Å². The van der Waals surface area contributed by atoms with Crippen molar-refractivity contribution in [1.82, 2.24) is 0 Å². The molecule has 1 aromatic rings. The largest absolute Gasteiger partial charge is 0.481 e.